The van der Waals surface area contributed by atoms with E-state index in [4.69, 9.17) is 10.2 Å². The Morgan fingerprint density at radius 1 is 1.10 bits per heavy atom. The number of piperidine rings is 1. The summed E-state index contributed by atoms with van der Waals surface area (Å²) in [4.78, 5) is 14.6. The zero-order valence-electron chi connectivity index (χ0n) is 17.0. The Balaban J connectivity index is 1.33. The molecule has 29 heavy (non-hydrogen) atoms. The number of benzene rings is 2. The Morgan fingerprint density at radius 2 is 1.79 bits per heavy atom. The Labute approximate surface area is 171 Å². The van der Waals surface area contributed by atoms with Gasteiger partial charge < -0.3 is 20.4 Å². The van der Waals surface area contributed by atoms with Gasteiger partial charge in [-0.15, -0.1) is 0 Å². The Kier molecular flexibility index (Phi) is 5.58. The summed E-state index contributed by atoms with van der Waals surface area (Å²) < 4.78 is 5.82. The van der Waals surface area contributed by atoms with Crippen LogP contribution in [0.2, 0.25) is 0 Å². The van der Waals surface area contributed by atoms with Crippen LogP contribution in [-0.2, 0) is 11.8 Å². The molecule has 152 valence electrons. The van der Waals surface area contributed by atoms with Crippen LogP contribution in [-0.4, -0.2) is 37.1 Å². The van der Waals surface area contributed by atoms with Crippen LogP contribution < -0.4 is 11.1 Å². The molecule has 5 heteroatoms. The van der Waals surface area contributed by atoms with Gasteiger partial charge in [0, 0.05) is 42.5 Å². The van der Waals surface area contributed by atoms with Crippen molar-refractivity contribution in [3.63, 3.8) is 0 Å². The first kappa shape index (κ1) is 19.5. The summed E-state index contributed by atoms with van der Waals surface area (Å²) in [6.07, 6.45) is 2.55. The minimum absolute atomic E-state index is 0.00846. The summed E-state index contributed by atoms with van der Waals surface area (Å²) in [5.41, 5.74) is 9.49. The average Bonchev–Trinajstić information content (AvgIpc) is 3.09. The third kappa shape index (κ3) is 3.87. The second-order valence-electron chi connectivity index (χ2n) is 7.95. The van der Waals surface area contributed by atoms with Gasteiger partial charge in [0.15, 0.2) is 0 Å². The molecule has 1 saturated heterocycles. The van der Waals surface area contributed by atoms with Gasteiger partial charge in [-0.2, -0.15) is 0 Å². The van der Waals surface area contributed by atoms with Gasteiger partial charge in [0.1, 0.15) is 11.3 Å². The second-order valence-corrected chi connectivity index (χ2v) is 7.95. The third-order valence-electron chi connectivity index (χ3n) is 6.34. The molecule has 1 aromatic heterocycles. The monoisotopic (exact) mass is 391 g/mol. The number of para-hydroxylation sites is 1. The van der Waals surface area contributed by atoms with Gasteiger partial charge in [-0.3, -0.25) is 0 Å². The highest BCUT2D eigenvalue weighted by atomic mass is 16.3. The minimum Gasteiger partial charge on any atom is -0.461 e. The van der Waals surface area contributed by atoms with E-state index in [1.807, 2.05) is 36.1 Å². The molecule has 0 aliphatic carbocycles. The highest BCUT2D eigenvalue weighted by molar-refractivity contribution is 5.82. The van der Waals surface area contributed by atoms with Gasteiger partial charge in [0.25, 0.3) is 0 Å². The molecule has 1 aliphatic heterocycles. The largest absolute Gasteiger partial charge is 0.461 e. The number of hydrogen-bond donors (Lipinski definition) is 2. The summed E-state index contributed by atoms with van der Waals surface area (Å²) >= 11 is 0. The highest BCUT2D eigenvalue weighted by Gasteiger charge is 2.36. The number of nitrogens with two attached hydrogens (primary N) is 1. The number of likely N-dealkylation sites (tertiary alicyclic amines) is 1. The molecule has 2 aromatic carbocycles. The minimum atomic E-state index is -0.0230. The van der Waals surface area contributed by atoms with Crippen molar-refractivity contribution < 1.29 is 9.21 Å². The number of nitrogens with one attached hydrogen (secondary N) is 1. The maximum atomic E-state index is 12.7. The van der Waals surface area contributed by atoms with Crippen LogP contribution in [0.1, 0.15) is 29.7 Å². The van der Waals surface area contributed by atoms with Gasteiger partial charge in [-0.05, 0) is 37.8 Å². The van der Waals surface area contributed by atoms with Crippen LogP contribution in [0.25, 0.3) is 11.0 Å². The van der Waals surface area contributed by atoms with Crippen LogP contribution >= 0.6 is 0 Å². The summed E-state index contributed by atoms with van der Waals surface area (Å²) in [6.45, 7) is 4.65. The molecule has 1 fully saturated rings. The van der Waals surface area contributed by atoms with Crippen LogP contribution in [0, 0.1) is 6.92 Å². The lowest BCUT2D eigenvalue weighted by Crippen LogP contribution is -2.51. The van der Waals surface area contributed by atoms with E-state index in [1.54, 1.807) is 0 Å². The molecular formula is C24H29N3O2. The molecule has 0 atom stereocenters. The fraction of sp³-hybridized carbons (Fsp3) is 0.375. The molecule has 4 rings (SSSR count). The molecular weight excluding hydrogens is 362 g/mol. The first-order valence-corrected chi connectivity index (χ1v) is 10.4. The van der Waals surface area contributed by atoms with Crippen LogP contribution in [0.3, 0.4) is 0 Å². The lowest BCUT2D eigenvalue weighted by Gasteiger charge is -2.41. The highest BCUT2D eigenvalue weighted by Crippen LogP contribution is 2.34. The second kappa shape index (κ2) is 8.29. The van der Waals surface area contributed by atoms with Crippen molar-refractivity contribution in [3.8, 4) is 0 Å². The van der Waals surface area contributed by atoms with Crippen LogP contribution in [0.15, 0.2) is 59.0 Å². The molecule has 3 N–H and O–H groups in total. The lowest BCUT2D eigenvalue weighted by atomic mass is 9.73. The van der Waals surface area contributed by atoms with E-state index in [1.165, 1.54) is 11.1 Å². The van der Waals surface area contributed by atoms with E-state index in [-0.39, 0.29) is 11.4 Å². The van der Waals surface area contributed by atoms with E-state index in [0.717, 1.165) is 49.1 Å². The molecule has 3 aromatic rings. The maximum Gasteiger partial charge on any atom is 0.317 e. The number of urea groups is 1. The lowest BCUT2D eigenvalue weighted by molar-refractivity contribution is 0.159. The van der Waals surface area contributed by atoms with Crippen LogP contribution in [0.5, 0.6) is 0 Å². The maximum absolute atomic E-state index is 12.7. The van der Waals surface area contributed by atoms with Crippen molar-refractivity contribution in [2.24, 2.45) is 5.73 Å². The van der Waals surface area contributed by atoms with Crippen molar-refractivity contribution in [1.82, 2.24) is 10.2 Å². The smallest absolute Gasteiger partial charge is 0.317 e. The van der Waals surface area contributed by atoms with Crippen molar-refractivity contribution in [2.75, 3.05) is 26.2 Å². The SMILES string of the molecule is Cc1oc2ccccc2c1CCNC(=O)N1CCC(CN)(c2ccccc2)CC1. The van der Waals surface area contributed by atoms with Gasteiger partial charge in [-0.1, -0.05) is 48.5 Å². The Bertz CT molecular complexity index is 972. The zero-order valence-corrected chi connectivity index (χ0v) is 17.0. The fourth-order valence-electron chi connectivity index (χ4n) is 4.48. The number of carbonyl (C=O) groups is 1. The summed E-state index contributed by atoms with van der Waals surface area (Å²) in [5.74, 6) is 0.925. The van der Waals surface area contributed by atoms with E-state index >= 15 is 0 Å². The van der Waals surface area contributed by atoms with Gasteiger partial charge >= 0.3 is 6.03 Å². The van der Waals surface area contributed by atoms with Gasteiger partial charge in [0.2, 0.25) is 0 Å². The number of furan rings is 1. The standard InChI is InChI=1S/C24H29N3O2/c1-18-20(21-9-5-6-10-22(21)29-18)11-14-26-23(28)27-15-12-24(17-25,13-16-27)19-7-3-2-4-8-19/h2-10H,11-17,25H2,1H3,(H,26,28). The fourth-order valence-corrected chi connectivity index (χ4v) is 4.48. The van der Waals surface area contributed by atoms with Crippen molar-refractivity contribution in [3.05, 3.63) is 71.5 Å². The molecule has 1 aliphatic rings. The number of fused-ring (bicyclic) bond motifs is 1. The number of carbonyl (C=O) groups excluding carboxylic acids is 1. The predicted molar refractivity (Wildman–Crippen MR) is 116 cm³/mol. The first-order chi connectivity index (χ1) is 14.1. The van der Waals surface area contributed by atoms with Gasteiger partial charge in [0.05, 0.1) is 0 Å². The number of rotatable bonds is 5. The molecule has 0 bridgehead atoms. The number of hydrogen-bond acceptors (Lipinski definition) is 3. The number of aryl methyl sites for hydroxylation is 1. The Morgan fingerprint density at radius 3 is 2.52 bits per heavy atom. The summed E-state index contributed by atoms with van der Waals surface area (Å²) in [5, 5.41) is 4.21. The topological polar surface area (TPSA) is 71.5 Å². The average molecular weight is 392 g/mol. The van der Waals surface area contributed by atoms with Crippen molar-refractivity contribution >= 4 is 17.0 Å². The Hall–Kier alpha value is -2.79. The first-order valence-electron chi connectivity index (χ1n) is 10.4. The number of amides is 2. The van der Waals surface area contributed by atoms with E-state index in [9.17, 15) is 4.79 Å². The van der Waals surface area contributed by atoms with E-state index in [2.05, 4.69) is 35.6 Å². The molecule has 2 amide bonds. The summed E-state index contributed by atoms with van der Waals surface area (Å²) in [7, 11) is 0. The molecule has 2 heterocycles. The van der Waals surface area contributed by atoms with Crippen molar-refractivity contribution in [2.45, 2.75) is 31.6 Å². The zero-order chi connectivity index (χ0) is 20.3. The van der Waals surface area contributed by atoms with Gasteiger partial charge in [-0.25, -0.2) is 4.79 Å². The molecule has 0 spiro atoms. The molecule has 5 nitrogen and oxygen atoms in total. The predicted octanol–water partition coefficient (Wildman–Crippen LogP) is 3.99. The number of nitrogens with zero attached hydrogens (tertiary/aromatic N) is 1. The molecule has 0 unspecified atom stereocenters. The molecule has 0 saturated carbocycles. The summed E-state index contributed by atoms with van der Waals surface area (Å²) in [6, 6.07) is 18.5. The quantitative estimate of drug-likeness (QED) is 0.691. The van der Waals surface area contributed by atoms with E-state index < -0.39 is 0 Å². The van der Waals surface area contributed by atoms with E-state index in [0.29, 0.717) is 13.1 Å². The normalized spacial score (nSPS) is 16.1. The third-order valence-corrected chi connectivity index (χ3v) is 6.34. The van der Waals surface area contributed by atoms with Crippen LogP contribution in [0.4, 0.5) is 4.79 Å². The van der Waals surface area contributed by atoms with Crippen molar-refractivity contribution in [1.29, 1.82) is 0 Å². The molecule has 0 radical (unpaired) electrons.